The van der Waals surface area contributed by atoms with Crippen molar-refractivity contribution in [3.63, 3.8) is 0 Å². The summed E-state index contributed by atoms with van der Waals surface area (Å²) in [6.07, 6.45) is 2.03. The van der Waals surface area contributed by atoms with E-state index in [2.05, 4.69) is 5.32 Å². The molecule has 0 saturated carbocycles. The van der Waals surface area contributed by atoms with Gasteiger partial charge in [-0.3, -0.25) is 9.59 Å². The second kappa shape index (κ2) is 10.5. The average Bonchev–Trinajstić information content (AvgIpc) is 3.25. The molecular weight excluding hydrogens is 466 g/mol. The molecule has 1 aliphatic rings. The van der Waals surface area contributed by atoms with Gasteiger partial charge in [-0.1, -0.05) is 48.5 Å². The van der Waals surface area contributed by atoms with E-state index in [4.69, 9.17) is 9.47 Å². The number of carbonyl (C=O) groups excluding carboxylic acids is 2. The Hall–Kier alpha value is -4.10. The molecule has 1 aromatic heterocycles. The van der Waals surface area contributed by atoms with Crippen LogP contribution in [0.1, 0.15) is 40.4 Å². The summed E-state index contributed by atoms with van der Waals surface area (Å²) in [5, 5.41) is 4.12. The maximum absolute atomic E-state index is 14.2. The Balaban J connectivity index is 1.68. The van der Waals surface area contributed by atoms with E-state index < -0.39 is 12.0 Å². The van der Waals surface area contributed by atoms with Gasteiger partial charge in [0, 0.05) is 48.9 Å². The van der Waals surface area contributed by atoms with Gasteiger partial charge in [-0.25, -0.2) is 0 Å². The molecule has 7 nitrogen and oxygen atoms in total. The Morgan fingerprint density at radius 3 is 2.51 bits per heavy atom. The molecule has 1 aliphatic heterocycles. The maximum Gasteiger partial charge on any atom is 0.254 e. The minimum atomic E-state index is -0.647. The Kier molecular flexibility index (Phi) is 6.97. The van der Waals surface area contributed by atoms with E-state index in [0.29, 0.717) is 42.3 Å². The summed E-state index contributed by atoms with van der Waals surface area (Å²) >= 11 is 0. The summed E-state index contributed by atoms with van der Waals surface area (Å²) in [5.74, 6) is -0.348. The van der Waals surface area contributed by atoms with Crippen molar-refractivity contribution in [2.45, 2.75) is 18.9 Å². The van der Waals surface area contributed by atoms with Crippen LogP contribution in [0.3, 0.4) is 0 Å². The molecule has 3 aromatic carbocycles. The molecule has 37 heavy (non-hydrogen) atoms. The topological polar surface area (TPSA) is 72.8 Å². The number of anilines is 1. The van der Waals surface area contributed by atoms with Crippen LogP contribution in [0.25, 0.3) is 10.9 Å². The number of benzene rings is 3. The fourth-order valence-corrected chi connectivity index (χ4v) is 5.33. The van der Waals surface area contributed by atoms with Crippen LogP contribution in [0.15, 0.2) is 79.0 Å². The van der Waals surface area contributed by atoms with Gasteiger partial charge in [-0.05, 0) is 36.8 Å². The van der Waals surface area contributed by atoms with Gasteiger partial charge in [0.15, 0.2) is 0 Å². The molecule has 4 aromatic rings. The van der Waals surface area contributed by atoms with Crippen LogP contribution < -0.4 is 10.1 Å². The van der Waals surface area contributed by atoms with Gasteiger partial charge in [-0.2, -0.15) is 0 Å². The molecule has 0 saturated heterocycles. The van der Waals surface area contributed by atoms with Crippen LogP contribution in [-0.2, 0) is 16.6 Å². The SMILES string of the molecule is CCOc1ccccc1NC(=O)[C@@H]1c2ccccc2C(=O)N(CCOC)[C@H]1c1cn(C)c2ccccc12. The number of methoxy groups -OCH3 is 1. The molecule has 7 heteroatoms. The standard InChI is InChI=1S/C30H31N3O4/c1-4-37-26-16-10-8-14-24(26)31-29(34)27-21-12-5-6-13-22(21)30(35)33(17-18-36-3)28(27)23-19-32(2)25-15-9-7-11-20(23)25/h5-16,19,27-28H,4,17-18H2,1-3H3,(H,31,34)/t27-,28+/m1/s1. The van der Waals surface area contributed by atoms with Gasteiger partial charge in [0.1, 0.15) is 5.75 Å². The summed E-state index contributed by atoms with van der Waals surface area (Å²) in [6.45, 7) is 3.11. The van der Waals surface area contributed by atoms with Crippen molar-refractivity contribution in [2.24, 2.45) is 7.05 Å². The summed E-state index contributed by atoms with van der Waals surface area (Å²) in [6, 6.07) is 22.4. The van der Waals surface area contributed by atoms with Gasteiger partial charge >= 0.3 is 0 Å². The lowest BCUT2D eigenvalue weighted by molar-refractivity contribution is -0.119. The predicted octanol–water partition coefficient (Wildman–Crippen LogP) is 5.14. The van der Waals surface area contributed by atoms with Crippen molar-refractivity contribution in [2.75, 3.05) is 32.2 Å². The number of nitrogens with zero attached hydrogens (tertiary/aromatic N) is 2. The molecule has 0 bridgehead atoms. The van der Waals surface area contributed by atoms with E-state index in [9.17, 15) is 9.59 Å². The molecule has 0 unspecified atom stereocenters. The highest BCUT2D eigenvalue weighted by Crippen LogP contribution is 2.45. The van der Waals surface area contributed by atoms with Gasteiger partial charge in [0.2, 0.25) is 5.91 Å². The van der Waals surface area contributed by atoms with Gasteiger partial charge in [0.05, 0.1) is 30.9 Å². The molecule has 2 amide bonds. The van der Waals surface area contributed by atoms with Crippen LogP contribution >= 0.6 is 0 Å². The van der Waals surface area contributed by atoms with Crippen LogP contribution in [0.2, 0.25) is 0 Å². The quantitative estimate of drug-likeness (QED) is 0.366. The van der Waals surface area contributed by atoms with E-state index in [1.807, 2.05) is 91.5 Å². The Bertz CT molecular complexity index is 1440. The summed E-state index contributed by atoms with van der Waals surface area (Å²) < 4.78 is 13.2. The lowest BCUT2D eigenvalue weighted by Gasteiger charge is -2.41. The van der Waals surface area contributed by atoms with Crippen LogP contribution in [-0.4, -0.2) is 48.1 Å². The van der Waals surface area contributed by atoms with E-state index in [1.54, 1.807) is 18.1 Å². The lowest BCUT2D eigenvalue weighted by Crippen LogP contribution is -2.47. The first-order chi connectivity index (χ1) is 18.0. The Morgan fingerprint density at radius 2 is 1.70 bits per heavy atom. The number of carbonyl (C=O) groups is 2. The number of rotatable bonds is 8. The van der Waals surface area contributed by atoms with Crippen LogP contribution in [0.4, 0.5) is 5.69 Å². The summed E-state index contributed by atoms with van der Waals surface area (Å²) in [5.41, 5.74) is 3.81. The van der Waals surface area contributed by atoms with Gasteiger partial charge in [-0.15, -0.1) is 0 Å². The van der Waals surface area contributed by atoms with E-state index in [-0.39, 0.29) is 11.8 Å². The maximum atomic E-state index is 14.2. The molecule has 2 atom stereocenters. The summed E-state index contributed by atoms with van der Waals surface area (Å²) in [7, 11) is 3.60. The number of ether oxygens (including phenoxy) is 2. The number of fused-ring (bicyclic) bond motifs is 2. The first kappa shape index (κ1) is 24.6. The van der Waals surface area contributed by atoms with Crippen molar-refractivity contribution in [1.29, 1.82) is 0 Å². The largest absolute Gasteiger partial charge is 0.492 e. The van der Waals surface area contributed by atoms with Crippen molar-refractivity contribution in [1.82, 2.24) is 9.47 Å². The third-order valence-electron chi connectivity index (χ3n) is 6.95. The Morgan fingerprint density at radius 1 is 0.973 bits per heavy atom. The minimum absolute atomic E-state index is 0.107. The van der Waals surface area contributed by atoms with Crippen LogP contribution in [0, 0.1) is 0 Å². The number of aromatic nitrogens is 1. The lowest BCUT2D eigenvalue weighted by atomic mass is 9.79. The molecule has 0 spiro atoms. The first-order valence-corrected chi connectivity index (χ1v) is 12.5. The zero-order valence-electron chi connectivity index (χ0n) is 21.3. The zero-order valence-corrected chi connectivity index (χ0v) is 21.3. The van der Waals surface area contributed by atoms with Crippen molar-refractivity contribution < 1.29 is 19.1 Å². The highest BCUT2D eigenvalue weighted by Gasteiger charge is 2.45. The van der Waals surface area contributed by atoms with E-state index in [1.165, 1.54) is 0 Å². The second-order valence-electron chi connectivity index (χ2n) is 9.13. The van der Waals surface area contributed by atoms with Crippen molar-refractivity contribution >= 4 is 28.4 Å². The Labute approximate surface area is 216 Å². The molecule has 0 radical (unpaired) electrons. The van der Waals surface area contributed by atoms with Gasteiger partial charge in [0.25, 0.3) is 5.91 Å². The number of nitrogens with one attached hydrogen (secondary N) is 1. The molecule has 2 heterocycles. The predicted molar refractivity (Wildman–Crippen MR) is 144 cm³/mol. The molecular formula is C30H31N3O4. The van der Waals surface area contributed by atoms with Gasteiger partial charge < -0.3 is 24.3 Å². The number of hydrogen-bond donors (Lipinski definition) is 1. The summed E-state index contributed by atoms with van der Waals surface area (Å²) in [4.78, 5) is 29.8. The number of amides is 2. The van der Waals surface area contributed by atoms with E-state index in [0.717, 1.165) is 16.5 Å². The highest BCUT2D eigenvalue weighted by atomic mass is 16.5. The fraction of sp³-hybridized carbons (Fsp3) is 0.267. The monoisotopic (exact) mass is 497 g/mol. The normalized spacial score (nSPS) is 17.1. The van der Waals surface area contributed by atoms with E-state index >= 15 is 0 Å². The fourth-order valence-electron chi connectivity index (χ4n) is 5.33. The molecule has 0 fully saturated rings. The molecule has 5 rings (SSSR count). The second-order valence-corrected chi connectivity index (χ2v) is 9.13. The minimum Gasteiger partial charge on any atom is -0.492 e. The molecule has 0 aliphatic carbocycles. The molecule has 190 valence electrons. The first-order valence-electron chi connectivity index (χ1n) is 12.5. The third-order valence-corrected chi connectivity index (χ3v) is 6.95. The van der Waals surface area contributed by atoms with Crippen molar-refractivity contribution in [3.05, 3.63) is 95.7 Å². The number of para-hydroxylation sites is 3. The molecule has 1 N–H and O–H groups in total. The van der Waals surface area contributed by atoms with Crippen LogP contribution in [0.5, 0.6) is 5.75 Å². The average molecular weight is 498 g/mol. The highest BCUT2D eigenvalue weighted by molar-refractivity contribution is 6.05. The smallest absolute Gasteiger partial charge is 0.254 e. The van der Waals surface area contributed by atoms with Crippen molar-refractivity contribution in [3.8, 4) is 5.75 Å². The third kappa shape index (κ3) is 4.47. The zero-order chi connectivity index (χ0) is 25.9. The number of aryl methyl sites for hydroxylation is 1. The number of hydrogen-bond acceptors (Lipinski definition) is 4.